The average Bonchev–Trinajstić information content (AvgIpc) is 2.80. The van der Waals surface area contributed by atoms with Crippen LogP contribution < -0.4 is 11.1 Å². The monoisotopic (exact) mass is 282 g/mol. The predicted molar refractivity (Wildman–Crippen MR) is 71.8 cm³/mol. The molecule has 0 aliphatic rings. The van der Waals surface area contributed by atoms with Gasteiger partial charge in [0.15, 0.2) is 0 Å². The molecule has 102 valence electrons. The van der Waals surface area contributed by atoms with E-state index in [2.05, 4.69) is 5.32 Å². The number of carbonyl (C=O) groups excluding carboxylic acids is 2. The molecule has 1 heterocycles. The first-order valence-corrected chi connectivity index (χ1v) is 6.38. The normalized spacial score (nSPS) is 10.5. The van der Waals surface area contributed by atoms with Gasteiger partial charge < -0.3 is 16.2 Å². The first-order chi connectivity index (χ1) is 8.99. The Kier molecular flexibility index (Phi) is 5.74. The topological polar surface area (TPSA) is 109 Å². The minimum absolute atomic E-state index is 0.233. The molecule has 0 radical (unpaired) electrons. The van der Waals surface area contributed by atoms with Gasteiger partial charge in [-0.2, -0.15) is 0 Å². The van der Waals surface area contributed by atoms with Crippen LogP contribution in [0.4, 0.5) is 0 Å². The molecule has 0 saturated carbocycles. The summed E-state index contributed by atoms with van der Waals surface area (Å²) in [5, 5.41) is 11.1. The Morgan fingerprint density at radius 1 is 1.37 bits per heavy atom. The molecular formula is C12H14N2O4S. The van der Waals surface area contributed by atoms with Gasteiger partial charge in [0.2, 0.25) is 5.91 Å². The lowest BCUT2D eigenvalue weighted by atomic mass is 10.3. The van der Waals surface area contributed by atoms with Crippen molar-refractivity contribution in [1.82, 2.24) is 5.32 Å². The van der Waals surface area contributed by atoms with Crippen LogP contribution in [-0.4, -0.2) is 29.4 Å². The van der Waals surface area contributed by atoms with E-state index in [9.17, 15) is 14.4 Å². The van der Waals surface area contributed by atoms with Crippen LogP contribution in [0, 0.1) is 0 Å². The van der Waals surface area contributed by atoms with Crippen LogP contribution in [0.15, 0.2) is 18.2 Å². The summed E-state index contributed by atoms with van der Waals surface area (Å²) < 4.78 is 0. The van der Waals surface area contributed by atoms with Gasteiger partial charge in [-0.25, -0.2) is 4.79 Å². The smallest absolute Gasteiger partial charge is 0.328 e. The average molecular weight is 282 g/mol. The molecule has 1 aromatic rings. The Labute approximate surface area is 113 Å². The molecule has 2 amide bonds. The molecule has 0 aromatic carbocycles. The summed E-state index contributed by atoms with van der Waals surface area (Å²) in [7, 11) is 0. The molecule has 0 saturated heterocycles. The first kappa shape index (κ1) is 14.9. The summed E-state index contributed by atoms with van der Waals surface area (Å²) in [5.74, 6) is -1.68. The highest BCUT2D eigenvalue weighted by Gasteiger charge is 2.07. The maximum Gasteiger partial charge on any atom is 0.328 e. The molecule has 1 rings (SSSR count). The molecule has 0 fully saturated rings. The van der Waals surface area contributed by atoms with Gasteiger partial charge in [-0.1, -0.05) is 0 Å². The van der Waals surface area contributed by atoms with Crippen LogP contribution in [0.3, 0.4) is 0 Å². The van der Waals surface area contributed by atoms with Crippen LogP contribution in [0.25, 0.3) is 6.08 Å². The standard InChI is InChI=1S/C12H14N2O4S/c13-10(15)2-1-7-14-12(18)9-5-3-8(19-9)4-6-11(16)17/h3-6H,1-2,7H2,(H2,13,15)(H,14,18)(H,16,17)/b6-4+. The first-order valence-electron chi connectivity index (χ1n) is 5.56. The van der Waals surface area contributed by atoms with Crippen molar-refractivity contribution in [2.24, 2.45) is 5.73 Å². The third-order valence-corrected chi connectivity index (χ3v) is 3.18. The molecule has 7 heteroatoms. The van der Waals surface area contributed by atoms with Gasteiger partial charge >= 0.3 is 5.97 Å². The fraction of sp³-hybridized carbons (Fsp3) is 0.250. The second kappa shape index (κ2) is 7.32. The number of hydrogen-bond donors (Lipinski definition) is 3. The van der Waals surface area contributed by atoms with Gasteiger partial charge in [-0.05, 0) is 24.6 Å². The molecule has 0 atom stereocenters. The number of amides is 2. The minimum atomic E-state index is -1.04. The zero-order valence-electron chi connectivity index (χ0n) is 10.1. The maximum absolute atomic E-state index is 11.7. The number of hydrogen-bond acceptors (Lipinski definition) is 4. The fourth-order valence-electron chi connectivity index (χ4n) is 1.27. The van der Waals surface area contributed by atoms with E-state index in [-0.39, 0.29) is 12.3 Å². The lowest BCUT2D eigenvalue weighted by Gasteiger charge is -2.01. The third-order valence-electron chi connectivity index (χ3n) is 2.13. The quantitative estimate of drug-likeness (QED) is 0.508. The molecule has 1 aromatic heterocycles. The van der Waals surface area contributed by atoms with Crippen LogP contribution >= 0.6 is 11.3 Å². The van der Waals surface area contributed by atoms with Crippen molar-refractivity contribution in [3.05, 3.63) is 28.0 Å². The van der Waals surface area contributed by atoms with Gasteiger partial charge in [0.1, 0.15) is 0 Å². The highest BCUT2D eigenvalue weighted by atomic mass is 32.1. The van der Waals surface area contributed by atoms with Crippen LogP contribution in [-0.2, 0) is 9.59 Å². The van der Waals surface area contributed by atoms with E-state index in [1.165, 1.54) is 17.4 Å². The molecule has 0 aliphatic carbocycles. The van der Waals surface area contributed by atoms with Crippen molar-refractivity contribution in [3.8, 4) is 0 Å². The molecule has 0 aliphatic heterocycles. The summed E-state index contributed by atoms with van der Waals surface area (Å²) in [4.78, 5) is 33.7. The summed E-state index contributed by atoms with van der Waals surface area (Å²) in [5.41, 5.74) is 4.98. The summed E-state index contributed by atoms with van der Waals surface area (Å²) >= 11 is 1.19. The molecule has 0 spiro atoms. The van der Waals surface area contributed by atoms with Crippen molar-refractivity contribution in [1.29, 1.82) is 0 Å². The van der Waals surface area contributed by atoms with Crippen LogP contribution in [0.2, 0.25) is 0 Å². The van der Waals surface area contributed by atoms with E-state index >= 15 is 0 Å². The molecule has 19 heavy (non-hydrogen) atoms. The van der Waals surface area contributed by atoms with Crippen molar-refractivity contribution in [2.45, 2.75) is 12.8 Å². The SMILES string of the molecule is NC(=O)CCCNC(=O)c1ccc(/C=C/C(=O)O)s1. The number of aliphatic carboxylic acids is 1. The number of rotatable bonds is 7. The third kappa shape index (κ3) is 5.82. The van der Waals surface area contributed by atoms with Gasteiger partial charge in [0.25, 0.3) is 5.91 Å². The second-order valence-corrected chi connectivity index (χ2v) is 4.81. The Morgan fingerprint density at radius 2 is 2.11 bits per heavy atom. The van der Waals surface area contributed by atoms with E-state index in [1.807, 2.05) is 0 Å². The molecule has 0 unspecified atom stereocenters. The van der Waals surface area contributed by atoms with E-state index in [4.69, 9.17) is 10.8 Å². The molecule has 0 bridgehead atoms. The Bertz CT molecular complexity index is 508. The number of nitrogens with two attached hydrogens (primary N) is 1. The molecular weight excluding hydrogens is 268 g/mol. The van der Waals surface area contributed by atoms with Crippen molar-refractivity contribution in [3.63, 3.8) is 0 Å². The van der Waals surface area contributed by atoms with Crippen LogP contribution in [0.5, 0.6) is 0 Å². The van der Waals surface area contributed by atoms with Gasteiger partial charge in [0, 0.05) is 23.9 Å². The lowest BCUT2D eigenvalue weighted by Crippen LogP contribution is -2.24. The number of carboxylic acid groups (broad SMARTS) is 1. The van der Waals surface area contributed by atoms with E-state index in [0.717, 1.165) is 6.08 Å². The number of primary amides is 1. The highest BCUT2D eigenvalue weighted by molar-refractivity contribution is 7.14. The fourth-order valence-corrected chi connectivity index (χ4v) is 2.10. The van der Waals surface area contributed by atoms with Crippen LogP contribution in [0.1, 0.15) is 27.4 Å². The van der Waals surface area contributed by atoms with Crippen molar-refractivity contribution < 1.29 is 19.5 Å². The Morgan fingerprint density at radius 3 is 2.74 bits per heavy atom. The lowest BCUT2D eigenvalue weighted by molar-refractivity contribution is -0.131. The van der Waals surface area contributed by atoms with Gasteiger partial charge in [0.05, 0.1) is 4.88 Å². The maximum atomic E-state index is 11.7. The zero-order chi connectivity index (χ0) is 14.3. The zero-order valence-corrected chi connectivity index (χ0v) is 10.9. The number of thiophene rings is 1. The number of carbonyl (C=O) groups is 3. The number of nitrogens with one attached hydrogen (secondary N) is 1. The summed E-state index contributed by atoms with van der Waals surface area (Å²) in [6.45, 7) is 0.375. The Balaban J connectivity index is 2.45. The second-order valence-electron chi connectivity index (χ2n) is 3.70. The Hall–Kier alpha value is -2.15. The van der Waals surface area contributed by atoms with E-state index in [0.29, 0.717) is 22.7 Å². The summed E-state index contributed by atoms with van der Waals surface area (Å²) in [6.07, 6.45) is 3.17. The van der Waals surface area contributed by atoms with E-state index < -0.39 is 11.9 Å². The van der Waals surface area contributed by atoms with Gasteiger partial charge in [-0.3, -0.25) is 9.59 Å². The predicted octanol–water partition coefficient (Wildman–Crippen LogP) is 0.841. The van der Waals surface area contributed by atoms with Crippen molar-refractivity contribution >= 4 is 35.2 Å². The molecule has 6 nitrogen and oxygen atoms in total. The highest BCUT2D eigenvalue weighted by Crippen LogP contribution is 2.17. The largest absolute Gasteiger partial charge is 0.478 e. The van der Waals surface area contributed by atoms with E-state index in [1.54, 1.807) is 12.1 Å². The summed E-state index contributed by atoms with van der Waals surface area (Å²) in [6, 6.07) is 3.29. The number of carboxylic acids is 1. The molecule has 4 N–H and O–H groups in total. The van der Waals surface area contributed by atoms with Gasteiger partial charge in [-0.15, -0.1) is 11.3 Å². The minimum Gasteiger partial charge on any atom is -0.478 e. The van der Waals surface area contributed by atoms with Crippen molar-refractivity contribution in [2.75, 3.05) is 6.54 Å².